The van der Waals surface area contributed by atoms with Gasteiger partial charge in [0.15, 0.2) is 0 Å². The monoisotopic (exact) mass is 408 g/mol. The number of carbonyl (C=O) groups is 1. The van der Waals surface area contributed by atoms with Crippen LogP contribution in [0.15, 0.2) is 79.1 Å². The van der Waals surface area contributed by atoms with Crippen molar-refractivity contribution >= 4 is 22.5 Å². The molecule has 1 N–H and O–H groups in total. The Hall–Kier alpha value is -3.57. The van der Waals surface area contributed by atoms with Crippen LogP contribution in [0.4, 0.5) is 5.69 Å². The maximum atomic E-state index is 13.2. The van der Waals surface area contributed by atoms with Crippen LogP contribution in [-0.2, 0) is 6.54 Å². The highest BCUT2D eigenvalue weighted by Gasteiger charge is 2.15. The number of carbonyl (C=O) groups excluding carboxylic acids is 1. The molecule has 0 saturated carbocycles. The van der Waals surface area contributed by atoms with Gasteiger partial charge in [0, 0.05) is 35.6 Å². The second-order valence-corrected chi connectivity index (χ2v) is 7.95. The number of amides is 1. The third-order valence-corrected chi connectivity index (χ3v) is 5.73. The van der Waals surface area contributed by atoms with Gasteiger partial charge in [0.25, 0.3) is 5.91 Å². The van der Waals surface area contributed by atoms with Gasteiger partial charge in [-0.2, -0.15) is 0 Å². The first-order valence-electron chi connectivity index (χ1n) is 10.7. The van der Waals surface area contributed by atoms with E-state index < -0.39 is 0 Å². The van der Waals surface area contributed by atoms with Crippen LogP contribution in [0.25, 0.3) is 22.2 Å². The minimum absolute atomic E-state index is 0.143. The number of likely N-dealkylation sites (tertiary alicyclic amines) is 1. The summed E-state index contributed by atoms with van der Waals surface area (Å²) < 4.78 is 0. The number of hydrogen-bond acceptors (Lipinski definition) is 4. The summed E-state index contributed by atoms with van der Waals surface area (Å²) in [5, 5.41) is 3.89. The number of rotatable bonds is 5. The predicted octanol–water partition coefficient (Wildman–Crippen LogP) is 5.14. The van der Waals surface area contributed by atoms with Crippen molar-refractivity contribution in [1.82, 2.24) is 14.9 Å². The molecule has 5 heteroatoms. The Labute approximate surface area is 181 Å². The van der Waals surface area contributed by atoms with E-state index in [0.29, 0.717) is 5.56 Å². The van der Waals surface area contributed by atoms with Gasteiger partial charge in [-0.05, 0) is 67.9 Å². The molecule has 1 saturated heterocycles. The number of nitrogens with one attached hydrogen (secondary N) is 1. The number of nitrogens with zero attached hydrogens (tertiary/aromatic N) is 3. The number of fused-ring (bicyclic) bond motifs is 1. The molecule has 4 aromatic rings. The van der Waals surface area contributed by atoms with Gasteiger partial charge in [-0.1, -0.05) is 30.3 Å². The van der Waals surface area contributed by atoms with Crippen LogP contribution in [0.2, 0.25) is 0 Å². The van der Waals surface area contributed by atoms with Crippen LogP contribution in [0, 0.1) is 0 Å². The van der Waals surface area contributed by atoms with E-state index >= 15 is 0 Å². The van der Waals surface area contributed by atoms with Crippen LogP contribution < -0.4 is 5.32 Å². The molecule has 154 valence electrons. The van der Waals surface area contributed by atoms with E-state index in [0.717, 1.165) is 34.4 Å². The molecule has 0 spiro atoms. The first-order chi connectivity index (χ1) is 15.3. The van der Waals surface area contributed by atoms with E-state index in [4.69, 9.17) is 4.98 Å². The molecule has 0 bridgehead atoms. The number of hydrogen-bond donors (Lipinski definition) is 1. The van der Waals surface area contributed by atoms with E-state index in [1.807, 2.05) is 54.6 Å². The van der Waals surface area contributed by atoms with E-state index in [-0.39, 0.29) is 5.91 Å². The third-order valence-electron chi connectivity index (χ3n) is 5.73. The standard InChI is InChI=1S/C26H24N4O/c31-26(28-21-11-9-19(10-12-21)18-30-14-3-4-15-30)23-16-25(20-6-5-13-27-17-20)29-24-8-2-1-7-22(23)24/h1-2,5-13,16-17H,3-4,14-15,18H2,(H,28,31). The highest BCUT2D eigenvalue weighted by Crippen LogP contribution is 2.25. The smallest absolute Gasteiger partial charge is 0.256 e. The Balaban J connectivity index is 1.41. The fourth-order valence-electron chi connectivity index (χ4n) is 4.12. The first-order valence-corrected chi connectivity index (χ1v) is 10.7. The number of anilines is 1. The largest absolute Gasteiger partial charge is 0.322 e. The SMILES string of the molecule is O=C(Nc1ccc(CN2CCCC2)cc1)c1cc(-c2cccnc2)nc2ccccc12. The van der Waals surface area contributed by atoms with E-state index in [1.165, 1.54) is 31.5 Å². The van der Waals surface area contributed by atoms with Gasteiger partial charge < -0.3 is 5.32 Å². The van der Waals surface area contributed by atoms with Crippen molar-refractivity contribution < 1.29 is 4.79 Å². The molecule has 1 aliphatic heterocycles. The van der Waals surface area contributed by atoms with Crippen LogP contribution in [-0.4, -0.2) is 33.9 Å². The lowest BCUT2D eigenvalue weighted by atomic mass is 10.0. The fourth-order valence-corrected chi connectivity index (χ4v) is 4.12. The summed E-state index contributed by atoms with van der Waals surface area (Å²) in [6.07, 6.45) is 6.06. The molecule has 1 amide bonds. The minimum atomic E-state index is -0.143. The molecular formula is C26H24N4O. The quantitative estimate of drug-likeness (QED) is 0.496. The second-order valence-electron chi connectivity index (χ2n) is 7.95. The lowest BCUT2D eigenvalue weighted by Gasteiger charge is -2.15. The Morgan fingerprint density at radius 2 is 1.77 bits per heavy atom. The maximum absolute atomic E-state index is 13.2. The zero-order chi connectivity index (χ0) is 21.0. The Morgan fingerprint density at radius 3 is 2.55 bits per heavy atom. The molecule has 0 radical (unpaired) electrons. The maximum Gasteiger partial charge on any atom is 0.256 e. The average molecular weight is 409 g/mol. The van der Waals surface area contributed by atoms with Crippen molar-refractivity contribution in [2.75, 3.05) is 18.4 Å². The van der Waals surface area contributed by atoms with E-state index in [1.54, 1.807) is 12.4 Å². The number of benzene rings is 2. The second kappa shape index (κ2) is 8.66. The van der Waals surface area contributed by atoms with Crippen molar-refractivity contribution in [3.63, 3.8) is 0 Å². The lowest BCUT2D eigenvalue weighted by Crippen LogP contribution is -2.18. The molecule has 5 nitrogen and oxygen atoms in total. The summed E-state index contributed by atoms with van der Waals surface area (Å²) in [4.78, 5) is 24.6. The molecular weight excluding hydrogens is 384 g/mol. The molecule has 31 heavy (non-hydrogen) atoms. The Bertz CT molecular complexity index is 1200. The topological polar surface area (TPSA) is 58.1 Å². The zero-order valence-corrected chi connectivity index (χ0v) is 17.3. The molecule has 0 atom stereocenters. The molecule has 2 aromatic heterocycles. The number of aromatic nitrogens is 2. The van der Waals surface area contributed by atoms with Crippen molar-refractivity contribution in [1.29, 1.82) is 0 Å². The highest BCUT2D eigenvalue weighted by atomic mass is 16.1. The van der Waals surface area contributed by atoms with Gasteiger partial charge in [0.05, 0.1) is 16.8 Å². The summed E-state index contributed by atoms with van der Waals surface area (Å²) in [5.74, 6) is -0.143. The van der Waals surface area contributed by atoms with Crippen molar-refractivity contribution in [3.8, 4) is 11.3 Å². The van der Waals surface area contributed by atoms with Crippen LogP contribution in [0.5, 0.6) is 0 Å². The average Bonchev–Trinajstić information content (AvgIpc) is 3.33. The van der Waals surface area contributed by atoms with Gasteiger partial charge in [0.2, 0.25) is 0 Å². The first kappa shape index (κ1) is 19.4. The molecule has 0 unspecified atom stereocenters. The van der Waals surface area contributed by atoms with Gasteiger partial charge >= 0.3 is 0 Å². The van der Waals surface area contributed by atoms with Crippen molar-refractivity contribution in [2.45, 2.75) is 19.4 Å². The van der Waals surface area contributed by atoms with E-state index in [9.17, 15) is 4.79 Å². The zero-order valence-electron chi connectivity index (χ0n) is 17.3. The lowest BCUT2D eigenvalue weighted by molar-refractivity contribution is 0.102. The number of pyridine rings is 2. The minimum Gasteiger partial charge on any atom is -0.322 e. The normalized spacial score (nSPS) is 14.1. The molecule has 0 aliphatic carbocycles. The van der Waals surface area contributed by atoms with Gasteiger partial charge in [-0.3, -0.25) is 14.7 Å². The summed E-state index contributed by atoms with van der Waals surface area (Å²) >= 11 is 0. The Morgan fingerprint density at radius 1 is 0.968 bits per heavy atom. The van der Waals surface area contributed by atoms with Crippen LogP contribution >= 0.6 is 0 Å². The predicted molar refractivity (Wildman–Crippen MR) is 124 cm³/mol. The van der Waals surface area contributed by atoms with Crippen LogP contribution in [0.3, 0.4) is 0 Å². The molecule has 1 aliphatic rings. The summed E-state index contributed by atoms with van der Waals surface area (Å²) in [7, 11) is 0. The van der Waals surface area contributed by atoms with Gasteiger partial charge in [0.1, 0.15) is 0 Å². The summed E-state index contributed by atoms with van der Waals surface area (Å²) in [6.45, 7) is 3.32. The summed E-state index contributed by atoms with van der Waals surface area (Å²) in [5.41, 5.74) is 5.07. The third kappa shape index (κ3) is 4.32. The molecule has 1 fully saturated rings. The fraction of sp³-hybridized carbons (Fsp3) is 0.192. The Kier molecular flexibility index (Phi) is 5.42. The molecule has 2 aromatic carbocycles. The van der Waals surface area contributed by atoms with Crippen molar-refractivity contribution in [3.05, 3.63) is 90.3 Å². The van der Waals surface area contributed by atoms with Gasteiger partial charge in [-0.15, -0.1) is 0 Å². The summed E-state index contributed by atoms with van der Waals surface area (Å²) in [6, 6.07) is 21.5. The van der Waals surface area contributed by atoms with E-state index in [2.05, 4.69) is 27.3 Å². The van der Waals surface area contributed by atoms with Crippen LogP contribution in [0.1, 0.15) is 28.8 Å². The molecule has 5 rings (SSSR count). The van der Waals surface area contributed by atoms with Crippen molar-refractivity contribution in [2.24, 2.45) is 0 Å². The molecule has 3 heterocycles. The highest BCUT2D eigenvalue weighted by molar-refractivity contribution is 6.13. The van der Waals surface area contributed by atoms with Gasteiger partial charge in [-0.25, -0.2) is 4.98 Å². The number of para-hydroxylation sites is 1.